The molecule has 2 rings (SSSR count). The highest BCUT2D eigenvalue weighted by atomic mass is 79.9. The number of ether oxygens (including phenoxy) is 1. The average Bonchev–Trinajstić information content (AvgIpc) is 2.29. The largest absolute Gasteiger partial charge is 0.476 e. The van der Waals surface area contributed by atoms with Gasteiger partial charge in [0.25, 0.3) is 0 Å². The Labute approximate surface area is 102 Å². The zero-order chi connectivity index (χ0) is 11.4. The number of halogens is 1. The minimum absolute atomic E-state index is 0.562. The van der Waals surface area contributed by atoms with Crippen molar-refractivity contribution in [2.75, 3.05) is 6.61 Å². The van der Waals surface area contributed by atoms with E-state index < -0.39 is 0 Å². The van der Waals surface area contributed by atoms with Crippen LogP contribution in [-0.2, 0) is 0 Å². The van der Waals surface area contributed by atoms with Crippen LogP contribution in [0.2, 0.25) is 0 Å². The van der Waals surface area contributed by atoms with Gasteiger partial charge in [-0.3, -0.25) is 4.98 Å². The third-order valence-electron chi connectivity index (χ3n) is 2.09. The molecule has 0 aliphatic rings. The molecule has 0 fully saturated rings. The third kappa shape index (κ3) is 2.39. The molecule has 0 radical (unpaired) electrons. The summed E-state index contributed by atoms with van der Waals surface area (Å²) in [4.78, 5) is 8.54. The van der Waals surface area contributed by atoms with Gasteiger partial charge in [-0.2, -0.15) is 0 Å². The molecule has 0 aromatic carbocycles. The summed E-state index contributed by atoms with van der Waals surface area (Å²) in [6.07, 6.45) is 4.34. The van der Waals surface area contributed by atoms with E-state index in [1.807, 2.05) is 24.3 Å². The minimum Gasteiger partial charge on any atom is -0.476 e. The van der Waals surface area contributed by atoms with Crippen LogP contribution in [0.1, 0.15) is 6.42 Å². The van der Waals surface area contributed by atoms with Gasteiger partial charge in [-0.1, -0.05) is 12.1 Å². The Bertz CT molecular complexity index is 513. The molecule has 16 heavy (non-hydrogen) atoms. The quantitative estimate of drug-likeness (QED) is 0.489. The summed E-state index contributed by atoms with van der Waals surface area (Å²) < 4.78 is 6.32. The van der Waals surface area contributed by atoms with Crippen LogP contribution in [0.4, 0.5) is 0 Å². The van der Waals surface area contributed by atoms with Gasteiger partial charge in [0.2, 0.25) is 5.88 Å². The molecule has 2 heterocycles. The molecule has 0 bridgehead atoms. The molecule has 0 saturated carbocycles. The van der Waals surface area contributed by atoms with E-state index in [0.29, 0.717) is 12.5 Å². The fraction of sp³-hybridized carbons (Fsp3) is 0.167. The highest BCUT2D eigenvalue weighted by Crippen LogP contribution is 2.24. The fourth-order valence-corrected chi connectivity index (χ4v) is 1.77. The van der Waals surface area contributed by atoms with Crippen LogP contribution in [0, 0.1) is 0 Å². The van der Waals surface area contributed by atoms with Crippen LogP contribution in [0.15, 0.2) is 41.7 Å². The van der Waals surface area contributed by atoms with E-state index in [9.17, 15) is 0 Å². The van der Waals surface area contributed by atoms with E-state index >= 15 is 0 Å². The maximum atomic E-state index is 5.57. The first-order valence-electron chi connectivity index (χ1n) is 4.96. The second kappa shape index (κ2) is 5.07. The summed E-state index contributed by atoms with van der Waals surface area (Å²) >= 11 is 3.35. The fourth-order valence-electron chi connectivity index (χ4n) is 1.36. The van der Waals surface area contributed by atoms with E-state index in [4.69, 9.17) is 4.74 Å². The summed E-state index contributed by atoms with van der Waals surface area (Å²) in [5.41, 5.74) is 0.787. The summed E-state index contributed by atoms with van der Waals surface area (Å²) in [6, 6.07) is 5.79. The molecule has 0 atom stereocenters. The number of nitrogens with zero attached hydrogens (tertiary/aromatic N) is 2. The molecule has 0 amide bonds. The van der Waals surface area contributed by atoms with Gasteiger partial charge in [0.1, 0.15) is 10.1 Å². The number of pyridine rings is 2. The van der Waals surface area contributed by atoms with Crippen molar-refractivity contribution >= 4 is 26.8 Å². The summed E-state index contributed by atoms with van der Waals surface area (Å²) in [6.45, 7) is 4.21. The lowest BCUT2D eigenvalue weighted by molar-refractivity contribution is 0.315. The molecule has 3 nitrogen and oxygen atoms in total. The third-order valence-corrected chi connectivity index (χ3v) is 2.49. The molecule has 4 heteroatoms. The highest BCUT2D eigenvalue weighted by Gasteiger charge is 2.06. The minimum atomic E-state index is 0.562. The monoisotopic (exact) mass is 278 g/mol. The van der Waals surface area contributed by atoms with Crippen molar-refractivity contribution in [3.63, 3.8) is 0 Å². The Kier molecular flexibility index (Phi) is 3.51. The molecule has 2 aromatic rings. The molecule has 0 aliphatic carbocycles. The Morgan fingerprint density at radius 1 is 1.50 bits per heavy atom. The molecule has 0 spiro atoms. The zero-order valence-electron chi connectivity index (χ0n) is 8.69. The number of fused-ring (bicyclic) bond motifs is 1. The Hall–Kier alpha value is -1.42. The predicted octanol–water partition coefficient (Wildman–Crippen LogP) is 3.35. The van der Waals surface area contributed by atoms with Gasteiger partial charge >= 0.3 is 0 Å². The van der Waals surface area contributed by atoms with Crippen LogP contribution in [0.5, 0.6) is 5.88 Å². The van der Waals surface area contributed by atoms with Gasteiger partial charge in [-0.05, 0) is 34.5 Å². The number of aromatic nitrogens is 2. The standard InChI is InChI=1S/C12H11BrN2O/c1-2-3-7-16-12-11-9(5-4-6-14-11)8-10(13)15-12/h2,4-6,8H,1,3,7H2. The van der Waals surface area contributed by atoms with Crippen molar-refractivity contribution in [3.05, 3.63) is 41.7 Å². The second-order valence-corrected chi connectivity index (χ2v) is 4.06. The topological polar surface area (TPSA) is 35.0 Å². The van der Waals surface area contributed by atoms with Crippen molar-refractivity contribution < 1.29 is 4.74 Å². The summed E-state index contributed by atoms with van der Waals surface area (Å²) in [7, 11) is 0. The van der Waals surface area contributed by atoms with Crippen LogP contribution in [-0.4, -0.2) is 16.6 Å². The van der Waals surface area contributed by atoms with E-state index in [2.05, 4.69) is 32.5 Å². The van der Waals surface area contributed by atoms with Gasteiger partial charge in [-0.25, -0.2) is 4.98 Å². The van der Waals surface area contributed by atoms with E-state index in [1.165, 1.54) is 0 Å². The molecule has 82 valence electrons. The predicted molar refractivity (Wildman–Crippen MR) is 67.5 cm³/mol. The Morgan fingerprint density at radius 3 is 3.19 bits per heavy atom. The van der Waals surface area contributed by atoms with Crippen LogP contribution >= 0.6 is 15.9 Å². The lowest BCUT2D eigenvalue weighted by Crippen LogP contribution is -1.99. The van der Waals surface area contributed by atoms with Crippen molar-refractivity contribution in [3.8, 4) is 5.88 Å². The first kappa shape index (κ1) is 11.1. The van der Waals surface area contributed by atoms with Crippen molar-refractivity contribution in [2.24, 2.45) is 0 Å². The molecule has 0 aliphatic heterocycles. The lowest BCUT2D eigenvalue weighted by atomic mass is 10.2. The van der Waals surface area contributed by atoms with Crippen molar-refractivity contribution in [1.82, 2.24) is 9.97 Å². The number of hydrogen-bond donors (Lipinski definition) is 0. The molecule has 0 unspecified atom stereocenters. The van der Waals surface area contributed by atoms with E-state index in [-0.39, 0.29) is 0 Å². The van der Waals surface area contributed by atoms with E-state index in [0.717, 1.165) is 21.9 Å². The molecular formula is C12H11BrN2O. The molecule has 2 aromatic heterocycles. The Balaban J connectivity index is 2.38. The normalized spacial score (nSPS) is 10.3. The van der Waals surface area contributed by atoms with Crippen LogP contribution < -0.4 is 4.74 Å². The highest BCUT2D eigenvalue weighted by molar-refractivity contribution is 9.10. The van der Waals surface area contributed by atoms with Crippen LogP contribution in [0.3, 0.4) is 0 Å². The average molecular weight is 279 g/mol. The molecule has 0 N–H and O–H groups in total. The second-order valence-electron chi connectivity index (χ2n) is 3.25. The number of hydrogen-bond acceptors (Lipinski definition) is 3. The SMILES string of the molecule is C=CCCOc1nc(Br)cc2cccnc12. The molecule has 0 saturated heterocycles. The Morgan fingerprint density at radius 2 is 2.38 bits per heavy atom. The van der Waals surface area contributed by atoms with Crippen molar-refractivity contribution in [2.45, 2.75) is 6.42 Å². The van der Waals surface area contributed by atoms with Gasteiger partial charge in [-0.15, -0.1) is 6.58 Å². The summed E-state index contributed by atoms with van der Waals surface area (Å²) in [5.74, 6) is 0.562. The maximum Gasteiger partial charge on any atom is 0.241 e. The molecular weight excluding hydrogens is 268 g/mol. The van der Waals surface area contributed by atoms with Gasteiger partial charge in [0.05, 0.1) is 6.61 Å². The lowest BCUT2D eigenvalue weighted by Gasteiger charge is -2.06. The van der Waals surface area contributed by atoms with Gasteiger partial charge < -0.3 is 4.74 Å². The first-order chi connectivity index (χ1) is 7.81. The van der Waals surface area contributed by atoms with E-state index in [1.54, 1.807) is 6.20 Å². The summed E-state index contributed by atoms with van der Waals surface area (Å²) in [5, 5.41) is 1.01. The van der Waals surface area contributed by atoms with Gasteiger partial charge in [0.15, 0.2) is 0 Å². The first-order valence-corrected chi connectivity index (χ1v) is 5.75. The van der Waals surface area contributed by atoms with Crippen LogP contribution in [0.25, 0.3) is 10.9 Å². The number of rotatable bonds is 4. The van der Waals surface area contributed by atoms with Crippen molar-refractivity contribution in [1.29, 1.82) is 0 Å². The van der Waals surface area contributed by atoms with Gasteiger partial charge in [0, 0.05) is 11.6 Å². The smallest absolute Gasteiger partial charge is 0.241 e. The maximum absolute atomic E-state index is 5.57. The zero-order valence-corrected chi connectivity index (χ0v) is 10.3.